The SMILES string of the molecule is CC(=O)Nc1ccc(F)c(C(=O)N[C@H]2CCc3c(O)cccc32)c1. The first-order valence-corrected chi connectivity index (χ1v) is 7.64. The molecule has 1 aliphatic carbocycles. The van der Waals surface area contributed by atoms with Gasteiger partial charge in [-0.25, -0.2) is 4.39 Å². The standard InChI is InChI=1S/C18H17FN2O3/c1-10(22)20-11-5-7-15(19)14(9-11)18(24)21-16-8-6-13-12(16)3-2-4-17(13)23/h2-5,7,9,16,23H,6,8H2,1H3,(H,20,22)(H,21,24)/t16-/m0/s1. The maximum atomic E-state index is 14.0. The van der Waals surface area contributed by atoms with Crippen LogP contribution in [0.4, 0.5) is 10.1 Å². The number of phenolic OH excluding ortho intramolecular Hbond substituents is 1. The molecule has 0 saturated carbocycles. The number of aromatic hydroxyl groups is 1. The predicted molar refractivity (Wildman–Crippen MR) is 87.3 cm³/mol. The molecule has 0 saturated heterocycles. The quantitative estimate of drug-likeness (QED) is 0.810. The number of carbonyl (C=O) groups is 2. The Morgan fingerprint density at radius 3 is 2.79 bits per heavy atom. The van der Waals surface area contributed by atoms with Gasteiger partial charge in [-0.1, -0.05) is 12.1 Å². The highest BCUT2D eigenvalue weighted by Crippen LogP contribution is 2.36. The van der Waals surface area contributed by atoms with Crippen molar-refractivity contribution in [2.75, 3.05) is 5.32 Å². The Morgan fingerprint density at radius 1 is 1.25 bits per heavy atom. The van der Waals surface area contributed by atoms with Crippen LogP contribution in [0, 0.1) is 5.82 Å². The molecule has 2 amide bonds. The van der Waals surface area contributed by atoms with E-state index in [1.54, 1.807) is 12.1 Å². The first-order chi connectivity index (χ1) is 11.5. The van der Waals surface area contributed by atoms with E-state index in [2.05, 4.69) is 10.6 Å². The van der Waals surface area contributed by atoms with E-state index in [-0.39, 0.29) is 23.3 Å². The van der Waals surface area contributed by atoms with E-state index in [1.807, 2.05) is 6.07 Å². The molecule has 0 unspecified atom stereocenters. The van der Waals surface area contributed by atoms with Crippen LogP contribution >= 0.6 is 0 Å². The average molecular weight is 328 g/mol. The molecule has 0 heterocycles. The summed E-state index contributed by atoms with van der Waals surface area (Å²) in [6.45, 7) is 1.34. The molecule has 1 aliphatic rings. The number of fused-ring (bicyclic) bond motifs is 1. The minimum absolute atomic E-state index is 0.130. The van der Waals surface area contributed by atoms with Gasteiger partial charge in [-0.15, -0.1) is 0 Å². The van der Waals surface area contributed by atoms with Gasteiger partial charge in [-0.3, -0.25) is 9.59 Å². The first kappa shape index (κ1) is 16.0. The largest absolute Gasteiger partial charge is 0.508 e. The van der Waals surface area contributed by atoms with Crippen LogP contribution < -0.4 is 10.6 Å². The molecule has 3 rings (SSSR count). The Balaban J connectivity index is 1.82. The third kappa shape index (κ3) is 3.08. The highest BCUT2D eigenvalue weighted by Gasteiger charge is 2.27. The fourth-order valence-corrected chi connectivity index (χ4v) is 3.00. The Bertz CT molecular complexity index is 820. The molecule has 124 valence electrons. The van der Waals surface area contributed by atoms with Gasteiger partial charge in [0.05, 0.1) is 11.6 Å². The minimum atomic E-state index is -0.657. The highest BCUT2D eigenvalue weighted by molar-refractivity contribution is 5.97. The van der Waals surface area contributed by atoms with Crippen LogP contribution in [-0.4, -0.2) is 16.9 Å². The molecular formula is C18H17FN2O3. The van der Waals surface area contributed by atoms with Crippen molar-refractivity contribution >= 4 is 17.5 Å². The van der Waals surface area contributed by atoms with Gasteiger partial charge in [0.15, 0.2) is 0 Å². The van der Waals surface area contributed by atoms with Gasteiger partial charge < -0.3 is 15.7 Å². The number of phenols is 1. The summed E-state index contributed by atoms with van der Waals surface area (Å²) in [6, 6.07) is 8.76. The van der Waals surface area contributed by atoms with Crippen LogP contribution in [0.15, 0.2) is 36.4 Å². The summed E-state index contributed by atoms with van der Waals surface area (Å²) in [4.78, 5) is 23.5. The third-order valence-corrected chi connectivity index (χ3v) is 4.08. The van der Waals surface area contributed by atoms with E-state index < -0.39 is 11.7 Å². The smallest absolute Gasteiger partial charge is 0.254 e. The lowest BCUT2D eigenvalue weighted by Gasteiger charge is -2.15. The molecule has 6 heteroatoms. The number of carbonyl (C=O) groups excluding carboxylic acids is 2. The Hall–Kier alpha value is -2.89. The zero-order chi connectivity index (χ0) is 17.3. The van der Waals surface area contributed by atoms with Crippen molar-refractivity contribution in [1.82, 2.24) is 5.32 Å². The number of halogens is 1. The molecule has 0 bridgehead atoms. The van der Waals surface area contributed by atoms with E-state index in [9.17, 15) is 19.1 Å². The number of rotatable bonds is 3. The van der Waals surface area contributed by atoms with Crippen LogP contribution in [0.5, 0.6) is 5.75 Å². The molecular weight excluding hydrogens is 311 g/mol. The topological polar surface area (TPSA) is 78.4 Å². The van der Waals surface area contributed by atoms with E-state index in [0.29, 0.717) is 18.5 Å². The second-order valence-corrected chi connectivity index (χ2v) is 5.79. The molecule has 0 spiro atoms. The van der Waals surface area contributed by atoms with Gasteiger partial charge in [0, 0.05) is 12.6 Å². The van der Waals surface area contributed by atoms with Crippen molar-refractivity contribution in [3.63, 3.8) is 0 Å². The number of benzene rings is 2. The second-order valence-electron chi connectivity index (χ2n) is 5.79. The lowest BCUT2D eigenvalue weighted by Crippen LogP contribution is -2.28. The monoisotopic (exact) mass is 328 g/mol. The molecule has 2 aromatic carbocycles. The summed E-state index contributed by atoms with van der Waals surface area (Å²) in [7, 11) is 0. The fraction of sp³-hybridized carbons (Fsp3) is 0.222. The van der Waals surface area contributed by atoms with Gasteiger partial charge in [0.2, 0.25) is 5.91 Å². The van der Waals surface area contributed by atoms with Crippen molar-refractivity contribution < 1.29 is 19.1 Å². The van der Waals surface area contributed by atoms with Gasteiger partial charge in [0.1, 0.15) is 11.6 Å². The summed E-state index contributed by atoms with van der Waals surface area (Å²) in [6.07, 6.45) is 1.30. The molecule has 3 N–H and O–H groups in total. The van der Waals surface area contributed by atoms with Gasteiger partial charge in [-0.05, 0) is 48.2 Å². The molecule has 1 atom stereocenters. The van der Waals surface area contributed by atoms with Crippen molar-refractivity contribution in [1.29, 1.82) is 0 Å². The van der Waals surface area contributed by atoms with Gasteiger partial charge in [0.25, 0.3) is 5.91 Å². The van der Waals surface area contributed by atoms with Gasteiger partial charge in [-0.2, -0.15) is 0 Å². The van der Waals surface area contributed by atoms with Crippen LogP contribution in [0.2, 0.25) is 0 Å². The molecule has 0 aliphatic heterocycles. The average Bonchev–Trinajstić information content (AvgIpc) is 2.93. The zero-order valence-corrected chi connectivity index (χ0v) is 13.1. The van der Waals surface area contributed by atoms with Crippen molar-refractivity contribution in [2.45, 2.75) is 25.8 Å². The third-order valence-electron chi connectivity index (χ3n) is 4.08. The van der Waals surface area contributed by atoms with E-state index in [0.717, 1.165) is 17.2 Å². The van der Waals surface area contributed by atoms with Crippen molar-refractivity contribution in [3.05, 3.63) is 58.9 Å². The Morgan fingerprint density at radius 2 is 2.04 bits per heavy atom. The van der Waals surface area contributed by atoms with Crippen LogP contribution in [-0.2, 0) is 11.2 Å². The van der Waals surface area contributed by atoms with Crippen LogP contribution in [0.1, 0.15) is 40.9 Å². The summed E-state index contributed by atoms with van der Waals surface area (Å²) < 4.78 is 14.0. The molecule has 0 fully saturated rings. The molecule has 24 heavy (non-hydrogen) atoms. The fourth-order valence-electron chi connectivity index (χ4n) is 3.00. The van der Waals surface area contributed by atoms with E-state index in [1.165, 1.54) is 19.1 Å². The van der Waals surface area contributed by atoms with Crippen LogP contribution in [0.3, 0.4) is 0 Å². The normalized spacial score (nSPS) is 15.7. The lowest BCUT2D eigenvalue weighted by molar-refractivity contribution is -0.114. The van der Waals surface area contributed by atoms with Crippen LogP contribution in [0.25, 0.3) is 0 Å². The summed E-state index contributed by atoms with van der Waals surface area (Å²) in [5.41, 5.74) is 1.89. The Labute approximate surface area is 138 Å². The number of hydrogen-bond acceptors (Lipinski definition) is 3. The summed E-state index contributed by atoms with van der Waals surface area (Å²) in [5.74, 6) is -1.30. The summed E-state index contributed by atoms with van der Waals surface area (Å²) in [5, 5.41) is 15.2. The van der Waals surface area contributed by atoms with E-state index >= 15 is 0 Å². The predicted octanol–water partition coefficient (Wildman–Crippen LogP) is 2.91. The van der Waals surface area contributed by atoms with Crippen molar-refractivity contribution in [3.8, 4) is 5.75 Å². The zero-order valence-electron chi connectivity index (χ0n) is 13.1. The highest BCUT2D eigenvalue weighted by atomic mass is 19.1. The first-order valence-electron chi connectivity index (χ1n) is 7.64. The minimum Gasteiger partial charge on any atom is -0.508 e. The number of anilines is 1. The maximum Gasteiger partial charge on any atom is 0.254 e. The molecule has 0 radical (unpaired) electrons. The molecule has 0 aromatic heterocycles. The summed E-state index contributed by atoms with van der Waals surface area (Å²) >= 11 is 0. The van der Waals surface area contributed by atoms with E-state index in [4.69, 9.17) is 0 Å². The lowest BCUT2D eigenvalue weighted by atomic mass is 10.1. The molecule has 2 aromatic rings. The maximum absolute atomic E-state index is 14.0. The number of amides is 2. The Kier molecular flexibility index (Phi) is 4.20. The molecule has 5 nitrogen and oxygen atoms in total. The number of hydrogen-bond donors (Lipinski definition) is 3. The second kappa shape index (κ2) is 6.31. The van der Waals surface area contributed by atoms with Crippen molar-refractivity contribution in [2.24, 2.45) is 0 Å². The number of nitrogens with one attached hydrogen (secondary N) is 2. The van der Waals surface area contributed by atoms with Gasteiger partial charge >= 0.3 is 0 Å².